The molecule has 2 atom stereocenters. The number of hydrogen-bond acceptors (Lipinski definition) is 9. The molecule has 1 amide bonds. The van der Waals surface area contributed by atoms with Crippen molar-refractivity contribution in [2.75, 3.05) is 55.8 Å². The number of phenols is 1. The minimum Gasteiger partial charge on any atom is -0.508 e. The second-order valence-corrected chi connectivity index (χ2v) is 10.5. The molecule has 10 heteroatoms. The first kappa shape index (κ1) is 25.5. The lowest BCUT2D eigenvalue weighted by Crippen LogP contribution is -2.49. The molecule has 2 aromatic carbocycles. The zero-order chi connectivity index (χ0) is 26.8. The Morgan fingerprint density at radius 3 is 2.56 bits per heavy atom. The number of morpholine rings is 1. The van der Waals surface area contributed by atoms with Gasteiger partial charge in [0.05, 0.1) is 31.8 Å². The van der Waals surface area contributed by atoms with E-state index in [-0.39, 0.29) is 30.2 Å². The van der Waals surface area contributed by atoms with E-state index in [1.165, 1.54) is 11.1 Å². The van der Waals surface area contributed by atoms with Crippen LogP contribution in [0.15, 0.2) is 48.5 Å². The van der Waals surface area contributed by atoms with Crippen LogP contribution in [0, 0.1) is 5.92 Å². The van der Waals surface area contributed by atoms with Crippen molar-refractivity contribution in [3.05, 3.63) is 59.7 Å². The molecule has 3 aliphatic heterocycles. The fraction of sp³-hybridized carbons (Fsp3) is 0.448. The van der Waals surface area contributed by atoms with Gasteiger partial charge in [0, 0.05) is 38.3 Å². The molecule has 10 nitrogen and oxygen atoms in total. The highest BCUT2D eigenvalue weighted by Crippen LogP contribution is 2.31. The van der Waals surface area contributed by atoms with Gasteiger partial charge in [-0.25, -0.2) is 0 Å². The fourth-order valence-corrected chi connectivity index (χ4v) is 5.78. The second-order valence-electron chi connectivity index (χ2n) is 10.5. The highest BCUT2D eigenvalue weighted by Gasteiger charge is 2.33. The number of phenolic OH excluding ortho intramolecular Hbond substituents is 1. The number of aliphatic hydroxyl groups excluding tert-OH is 1. The topological polar surface area (TPSA) is 115 Å². The minimum atomic E-state index is -0.177. The number of ether oxygens (including phenoxy) is 1. The standard InChI is InChI=1S/C29H34N6O4/c36-19-24-15-20-5-1-2-6-22(20)18-35(24)29-31-26(21-7-3-9-25(37)16-21)30-28(32-29)34-10-4-8-23(17-34)27(38)33-11-13-39-14-12-33/h1-3,5-7,9,16,23-24,36-37H,4,8,10-15,17-19H2/t23?,24-/m1/s1. The minimum absolute atomic E-state index is 0.0311. The summed E-state index contributed by atoms with van der Waals surface area (Å²) >= 11 is 0. The Balaban J connectivity index is 1.35. The average Bonchev–Trinajstić information content (AvgIpc) is 3.00. The monoisotopic (exact) mass is 530 g/mol. The van der Waals surface area contributed by atoms with Gasteiger partial charge in [0.1, 0.15) is 5.75 Å². The molecule has 2 saturated heterocycles. The summed E-state index contributed by atoms with van der Waals surface area (Å²) in [5, 5.41) is 20.4. The van der Waals surface area contributed by atoms with Crippen molar-refractivity contribution in [3.63, 3.8) is 0 Å². The van der Waals surface area contributed by atoms with Crippen molar-refractivity contribution >= 4 is 17.8 Å². The van der Waals surface area contributed by atoms with Gasteiger partial charge in [0.15, 0.2) is 5.82 Å². The number of hydrogen-bond donors (Lipinski definition) is 2. The van der Waals surface area contributed by atoms with Crippen LogP contribution < -0.4 is 9.80 Å². The predicted molar refractivity (Wildman–Crippen MR) is 146 cm³/mol. The largest absolute Gasteiger partial charge is 0.508 e. The molecule has 4 heterocycles. The van der Waals surface area contributed by atoms with Crippen LogP contribution in [0.1, 0.15) is 24.0 Å². The van der Waals surface area contributed by atoms with Crippen LogP contribution in [-0.2, 0) is 22.5 Å². The van der Waals surface area contributed by atoms with E-state index in [4.69, 9.17) is 19.7 Å². The number of benzene rings is 2. The molecule has 2 fully saturated rings. The molecule has 204 valence electrons. The Labute approximate surface area is 227 Å². The SMILES string of the molecule is O=C(C1CCCN(c2nc(-c3cccc(O)c3)nc(N3Cc4ccccc4C[C@@H]3CO)n2)C1)N1CCOCC1. The van der Waals surface area contributed by atoms with E-state index in [9.17, 15) is 15.0 Å². The number of anilines is 2. The number of amides is 1. The van der Waals surface area contributed by atoms with Crippen LogP contribution in [-0.4, -0.2) is 88.0 Å². The number of nitrogens with zero attached hydrogens (tertiary/aromatic N) is 6. The fourth-order valence-electron chi connectivity index (χ4n) is 5.78. The first-order valence-electron chi connectivity index (χ1n) is 13.7. The summed E-state index contributed by atoms with van der Waals surface area (Å²) < 4.78 is 5.43. The van der Waals surface area contributed by atoms with Crippen molar-refractivity contribution in [2.24, 2.45) is 5.92 Å². The van der Waals surface area contributed by atoms with Crippen LogP contribution >= 0.6 is 0 Å². The molecule has 3 aromatic rings. The first-order valence-corrected chi connectivity index (χ1v) is 13.7. The Morgan fingerprint density at radius 2 is 1.77 bits per heavy atom. The summed E-state index contributed by atoms with van der Waals surface area (Å²) in [4.78, 5) is 33.9. The van der Waals surface area contributed by atoms with E-state index in [1.54, 1.807) is 18.2 Å². The van der Waals surface area contributed by atoms with E-state index in [2.05, 4.69) is 17.0 Å². The zero-order valence-electron chi connectivity index (χ0n) is 21.9. The van der Waals surface area contributed by atoms with Gasteiger partial charge in [0.2, 0.25) is 17.8 Å². The molecular formula is C29H34N6O4. The van der Waals surface area contributed by atoms with Gasteiger partial charge in [-0.15, -0.1) is 0 Å². The van der Waals surface area contributed by atoms with E-state index < -0.39 is 0 Å². The number of carbonyl (C=O) groups excluding carboxylic acids is 1. The third-order valence-corrected chi connectivity index (χ3v) is 7.92. The quantitative estimate of drug-likeness (QED) is 0.512. The Bertz CT molecular complexity index is 1330. The van der Waals surface area contributed by atoms with Crippen LogP contribution in [0.2, 0.25) is 0 Å². The highest BCUT2D eigenvalue weighted by molar-refractivity contribution is 5.80. The van der Waals surface area contributed by atoms with E-state index in [0.29, 0.717) is 69.1 Å². The third kappa shape index (κ3) is 5.39. The lowest BCUT2D eigenvalue weighted by molar-refractivity contribution is -0.139. The van der Waals surface area contributed by atoms with Gasteiger partial charge in [-0.3, -0.25) is 4.79 Å². The second kappa shape index (κ2) is 11.2. The van der Waals surface area contributed by atoms with Crippen molar-refractivity contribution in [1.82, 2.24) is 19.9 Å². The number of aromatic hydroxyl groups is 1. The van der Waals surface area contributed by atoms with Gasteiger partial charge in [0.25, 0.3) is 0 Å². The van der Waals surface area contributed by atoms with Crippen LogP contribution in [0.25, 0.3) is 11.4 Å². The number of aromatic nitrogens is 3. The lowest BCUT2D eigenvalue weighted by atomic mass is 9.94. The molecule has 6 rings (SSSR count). The number of piperidine rings is 1. The maximum atomic E-state index is 13.3. The van der Waals surface area contributed by atoms with E-state index in [1.807, 2.05) is 28.0 Å². The lowest BCUT2D eigenvalue weighted by Gasteiger charge is -2.38. The molecule has 1 unspecified atom stereocenters. The van der Waals surface area contributed by atoms with Crippen molar-refractivity contribution in [2.45, 2.75) is 31.8 Å². The maximum Gasteiger partial charge on any atom is 0.231 e. The van der Waals surface area contributed by atoms with Gasteiger partial charge < -0.3 is 29.6 Å². The molecule has 2 N–H and O–H groups in total. The van der Waals surface area contributed by atoms with Crippen molar-refractivity contribution in [1.29, 1.82) is 0 Å². The number of rotatable bonds is 5. The summed E-state index contributed by atoms with van der Waals surface area (Å²) in [6.07, 6.45) is 2.38. The summed E-state index contributed by atoms with van der Waals surface area (Å²) in [7, 11) is 0. The average molecular weight is 531 g/mol. The maximum absolute atomic E-state index is 13.3. The van der Waals surface area contributed by atoms with Crippen molar-refractivity contribution < 1.29 is 19.7 Å². The Morgan fingerprint density at radius 1 is 0.974 bits per heavy atom. The molecule has 1 aromatic heterocycles. The summed E-state index contributed by atoms with van der Waals surface area (Å²) in [5.74, 6) is 1.60. The number of carbonyl (C=O) groups is 1. The molecular weight excluding hydrogens is 496 g/mol. The van der Waals surface area contributed by atoms with Crippen LogP contribution in [0.4, 0.5) is 11.9 Å². The summed E-state index contributed by atoms with van der Waals surface area (Å²) in [5.41, 5.74) is 3.07. The summed E-state index contributed by atoms with van der Waals surface area (Å²) in [6, 6.07) is 14.9. The Hall–Kier alpha value is -3.76. The van der Waals surface area contributed by atoms with E-state index in [0.717, 1.165) is 19.4 Å². The van der Waals surface area contributed by atoms with Gasteiger partial charge >= 0.3 is 0 Å². The van der Waals surface area contributed by atoms with Gasteiger partial charge in [-0.05, 0) is 42.5 Å². The normalized spacial score (nSPS) is 21.5. The van der Waals surface area contributed by atoms with Crippen LogP contribution in [0.3, 0.4) is 0 Å². The number of fused-ring (bicyclic) bond motifs is 1. The molecule has 0 bridgehead atoms. The van der Waals surface area contributed by atoms with Gasteiger partial charge in [-0.2, -0.15) is 15.0 Å². The molecule has 0 radical (unpaired) electrons. The molecule has 3 aliphatic rings. The predicted octanol–water partition coefficient (Wildman–Crippen LogP) is 2.24. The third-order valence-electron chi connectivity index (χ3n) is 7.92. The zero-order valence-corrected chi connectivity index (χ0v) is 21.9. The number of aliphatic hydroxyl groups is 1. The van der Waals surface area contributed by atoms with Gasteiger partial charge in [-0.1, -0.05) is 36.4 Å². The Kier molecular flexibility index (Phi) is 7.30. The molecule has 39 heavy (non-hydrogen) atoms. The van der Waals surface area contributed by atoms with Crippen molar-refractivity contribution in [3.8, 4) is 17.1 Å². The molecule has 0 saturated carbocycles. The van der Waals surface area contributed by atoms with Crippen LogP contribution in [0.5, 0.6) is 5.75 Å². The van der Waals surface area contributed by atoms with E-state index >= 15 is 0 Å². The summed E-state index contributed by atoms with van der Waals surface area (Å²) in [6.45, 7) is 4.23. The highest BCUT2D eigenvalue weighted by atomic mass is 16.5. The first-order chi connectivity index (χ1) is 19.1. The molecule has 0 spiro atoms. The molecule has 0 aliphatic carbocycles. The smallest absolute Gasteiger partial charge is 0.231 e.